The molecule has 7 nitrogen and oxygen atoms in total. The van der Waals surface area contributed by atoms with Gasteiger partial charge in [0.05, 0.1) is 29.8 Å². The highest BCUT2D eigenvalue weighted by Crippen LogP contribution is 2.27. The molecule has 3 heterocycles. The second-order valence-electron chi connectivity index (χ2n) is 6.91. The molecule has 1 aromatic rings. The number of sulfone groups is 1. The predicted octanol–water partition coefficient (Wildman–Crippen LogP) is 1.37. The summed E-state index contributed by atoms with van der Waals surface area (Å²) in [5, 5.41) is 7.33. The van der Waals surface area contributed by atoms with Crippen molar-refractivity contribution in [3.8, 4) is 0 Å². The van der Waals surface area contributed by atoms with Gasteiger partial charge in [0, 0.05) is 6.07 Å². The topological polar surface area (TPSA) is 84.3 Å². The normalized spacial score (nSPS) is 24.6. The van der Waals surface area contributed by atoms with E-state index in [1.807, 2.05) is 13.0 Å². The first kappa shape index (κ1) is 17.4. The molecule has 0 unspecified atom stereocenters. The van der Waals surface area contributed by atoms with Gasteiger partial charge in [0.25, 0.3) is 0 Å². The molecule has 8 heteroatoms. The summed E-state index contributed by atoms with van der Waals surface area (Å²) in [5.74, 6) is 0.842. The fraction of sp³-hybridized carbons (Fsp3) is 0.750. The molecule has 1 aromatic heterocycles. The van der Waals surface area contributed by atoms with Crippen LogP contribution >= 0.6 is 0 Å². The van der Waals surface area contributed by atoms with E-state index in [9.17, 15) is 13.2 Å². The molecular weight excluding hydrogens is 328 g/mol. The molecule has 134 valence electrons. The lowest BCUT2D eigenvalue weighted by molar-refractivity contribution is -0.117. The minimum Gasteiger partial charge on any atom is -0.310 e. The molecule has 1 atom stereocenters. The molecule has 2 fully saturated rings. The zero-order valence-electron chi connectivity index (χ0n) is 14.2. The summed E-state index contributed by atoms with van der Waals surface area (Å²) in [5.41, 5.74) is 0.782. The lowest BCUT2D eigenvalue weighted by Crippen LogP contribution is -2.34. The molecule has 1 amide bonds. The lowest BCUT2D eigenvalue weighted by Gasteiger charge is -2.19. The Bertz CT molecular complexity index is 690. The van der Waals surface area contributed by atoms with Crippen molar-refractivity contribution < 1.29 is 13.2 Å². The smallest absolute Gasteiger partial charge is 0.239 e. The Kier molecular flexibility index (Phi) is 5.24. The van der Waals surface area contributed by atoms with Crippen LogP contribution in [0.2, 0.25) is 0 Å². The first-order valence-electron chi connectivity index (χ1n) is 8.72. The van der Waals surface area contributed by atoms with Crippen LogP contribution in [0.1, 0.15) is 43.8 Å². The second-order valence-corrected chi connectivity index (χ2v) is 9.14. The van der Waals surface area contributed by atoms with E-state index in [0.717, 1.165) is 31.6 Å². The van der Waals surface area contributed by atoms with E-state index in [-0.39, 0.29) is 23.5 Å². The minimum absolute atomic E-state index is 0.0566. The van der Waals surface area contributed by atoms with Crippen molar-refractivity contribution in [2.24, 2.45) is 0 Å². The molecule has 2 saturated heterocycles. The van der Waals surface area contributed by atoms with Gasteiger partial charge in [-0.1, -0.05) is 12.8 Å². The molecule has 0 saturated carbocycles. The average Bonchev–Trinajstić information content (AvgIpc) is 2.92. The van der Waals surface area contributed by atoms with Crippen LogP contribution in [0.25, 0.3) is 0 Å². The molecular formula is C16H26N4O3S. The maximum atomic E-state index is 12.4. The van der Waals surface area contributed by atoms with Gasteiger partial charge in [-0.25, -0.2) is 13.1 Å². The zero-order valence-corrected chi connectivity index (χ0v) is 15.0. The van der Waals surface area contributed by atoms with Crippen LogP contribution in [0, 0.1) is 6.92 Å². The van der Waals surface area contributed by atoms with E-state index >= 15 is 0 Å². The van der Waals surface area contributed by atoms with Crippen molar-refractivity contribution >= 4 is 21.6 Å². The number of aromatic nitrogens is 2. The standard InChI is InChI=1S/C16H26N4O3S/c1-13-10-15(20(18-13)14-6-9-24(22,23)12-14)17-16(21)11-19-7-4-2-3-5-8-19/h10,14H,2-9,11-12H2,1H3,(H,17,21)/t14-/m1/s1. The molecule has 2 aliphatic rings. The van der Waals surface area contributed by atoms with E-state index in [4.69, 9.17) is 0 Å². The fourth-order valence-electron chi connectivity index (χ4n) is 3.54. The Morgan fingerprint density at radius 1 is 1.29 bits per heavy atom. The number of rotatable bonds is 4. The first-order chi connectivity index (χ1) is 11.4. The summed E-state index contributed by atoms with van der Waals surface area (Å²) in [4.78, 5) is 14.6. The highest BCUT2D eigenvalue weighted by Gasteiger charge is 2.31. The quantitative estimate of drug-likeness (QED) is 0.883. The number of hydrogen-bond donors (Lipinski definition) is 1. The van der Waals surface area contributed by atoms with Gasteiger partial charge in [-0.3, -0.25) is 9.69 Å². The molecule has 0 spiro atoms. The van der Waals surface area contributed by atoms with Crippen molar-refractivity contribution in [2.45, 2.75) is 45.1 Å². The number of carbonyl (C=O) groups is 1. The Hall–Kier alpha value is -1.41. The third kappa shape index (κ3) is 4.36. The molecule has 3 rings (SSSR count). The Labute approximate surface area is 143 Å². The number of amides is 1. The number of nitrogens with zero attached hydrogens (tertiary/aromatic N) is 3. The van der Waals surface area contributed by atoms with Crippen LogP contribution in [0.4, 0.5) is 5.82 Å². The number of nitrogens with one attached hydrogen (secondary N) is 1. The summed E-state index contributed by atoms with van der Waals surface area (Å²) < 4.78 is 25.1. The van der Waals surface area contributed by atoms with Crippen LogP contribution in [-0.4, -0.2) is 60.1 Å². The van der Waals surface area contributed by atoms with Gasteiger partial charge in [-0.05, 0) is 39.3 Å². The monoisotopic (exact) mass is 354 g/mol. The molecule has 2 aliphatic heterocycles. The maximum Gasteiger partial charge on any atom is 0.239 e. The van der Waals surface area contributed by atoms with E-state index in [1.165, 1.54) is 12.8 Å². The molecule has 0 radical (unpaired) electrons. The van der Waals surface area contributed by atoms with Crippen molar-refractivity contribution in [3.63, 3.8) is 0 Å². The van der Waals surface area contributed by atoms with Crippen LogP contribution in [0.15, 0.2) is 6.07 Å². The maximum absolute atomic E-state index is 12.4. The third-order valence-electron chi connectivity index (χ3n) is 4.75. The van der Waals surface area contributed by atoms with Gasteiger partial charge in [0.2, 0.25) is 5.91 Å². The Morgan fingerprint density at radius 3 is 2.62 bits per heavy atom. The van der Waals surface area contributed by atoms with Gasteiger partial charge < -0.3 is 5.32 Å². The second kappa shape index (κ2) is 7.23. The van der Waals surface area contributed by atoms with Crippen LogP contribution in [0.5, 0.6) is 0 Å². The number of aryl methyl sites for hydroxylation is 1. The first-order valence-corrected chi connectivity index (χ1v) is 10.5. The summed E-state index contributed by atoms with van der Waals surface area (Å²) in [7, 11) is -2.99. The predicted molar refractivity (Wildman–Crippen MR) is 92.8 cm³/mol. The number of carbonyl (C=O) groups excluding carboxylic acids is 1. The third-order valence-corrected chi connectivity index (χ3v) is 6.50. The molecule has 0 bridgehead atoms. The SMILES string of the molecule is Cc1cc(NC(=O)CN2CCCCCC2)n([C@@H]2CCS(=O)(=O)C2)n1. The van der Waals surface area contributed by atoms with E-state index < -0.39 is 9.84 Å². The van der Waals surface area contributed by atoms with E-state index in [0.29, 0.717) is 18.8 Å². The zero-order chi connectivity index (χ0) is 17.2. The van der Waals surface area contributed by atoms with Crippen LogP contribution in [0.3, 0.4) is 0 Å². The van der Waals surface area contributed by atoms with Gasteiger partial charge in [0.15, 0.2) is 9.84 Å². The molecule has 1 N–H and O–H groups in total. The van der Waals surface area contributed by atoms with Crippen molar-refractivity contribution in [3.05, 3.63) is 11.8 Å². The van der Waals surface area contributed by atoms with Crippen molar-refractivity contribution in [2.75, 3.05) is 36.5 Å². The Balaban J connectivity index is 1.65. The van der Waals surface area contributed by atoms with Crippen molar-refractivity contribution in [1.82, 2.24) is 14.7 Å². The summed E-state index contributed by atoms with van der Waals surface area (Å²) >= 11 is 0. The number of hydrogen-bond acceptors (Lipinski definition) is 5. The molecule has 0 aliphatic carbocycles. The van der Waals surface area contributed by atoms with Gasteiger partial charge in [-0.15, -0.1) is 0 Å². The van der Waals surface area contributed by atoms with Gasteiger partial charge in [0.1, 0.15) is 5.82 Å². The highest BCUT2D eigenvalue weighted by atomic mass is 32.2. The number of anilines is 1. The van der Waals surface area contributed by atoms with E-state index in [1.54, 1.807) is 4.68 Å². The fourth-order valence-corrected chi connectivity index (χ4v) is 5.23. The summed E-state index contributed by atoms with van der Waals surface area (Å²) in [6.07, 6.45) is 5.31. The number of likely N-dealkylation sites (tertiary alicyclic amines) is 1. The summed E-state index contributed by atoms with van der Waals surface area (Å²) in [6, 6.07) is 1.63. The highest BCUT2D eigenvalue weighted by molar-refractivity contribution is 7.91. The van der Waals surface area contributed by atoms with Gasteiger partial charge in [-0.2, -0.15) is 5.10 Å². The van der Waals surface area contributed by atoms with Crippen molar-refractivity contribution in [1.29, 1.82) is 0 Å². The van der Waals surface area contributed by atoms with Crippen LogP contribution in [-0.2, 0) is 14.6 Å². The largest absolute Gasteiger partial charge is 0.310 e. The van der Waals surface area contributed by atoms with Crippen LogP contribution < -0.4 is 5.32 Å². The lowest BCUT2D eigenvalue weighted by atomic mass is 10.2. The average molecular weight is 354 g/mol. The summed E-state index contributed by atoms with van der Waals surface area (Å²) in [6.45, 7) is 4.16. The Morgan fingerprint density at radius 2 is 2.00 bits per heavy atom. The minimum atomic E-state index is -2.99. The molecule has 0 aromatic carbocycles. The molecule has 24 heavy (non-hydrogen) atoms. The van der Waals surface area contributed by atoms with E-state index in [2.05, 4.69) is 15.3 Å². The van der Waals surface area contributed by atoms with Gasteiger partial charge >= 0.3 is 0 Å².